The van der Waals surface area contributed by atoms with Crippen molar-refractivity contribution in [3.05, 3.63) is 52.7 Å². The number of benzene rings is 1. The molecule has 3 rings (SSSR count). The zero-order valence-electron chi connectivity index (χ0n) is 14.2. The molecule has 2 heterocycles. The molecule has 0 atom stereocenters. The standard InChI is InChI=1S/C19H23N3O2/c1-13-10-17(19(20)23)18(21-14(13)2)16-5-3-4-15(11-16)12-22-6-8-24-9-7-22/h3-5,10-11H,6-9,12H2,1-2H3,(H2,20,23). The summed E-state index contributed by atoms with van der Waals surface area (Å²) in [7, 11) is 0. The van der Waals surface area contributed by atoms with E-state index in [0.29, 0.717) is 11.3 Å². The molecule has 5 heteroatoms. The van der Waals surface area contributed by atoms with Crippen molar-refractivity contribution >= 4 is 5.91 Å². The van der Waals surface area contributed by atoms with Crippen molar-refractivity contribution in [3.8, 4) is 11.3 Å². The lowest BCUT2D eigenvalue weighted by molar-refractivity contribution is 0.0342. The lowest BCUT2D eigenvalue weighted by Gasteiger charge is -2.26. The first kappa shape index (κ1) is 16.6. The summed E-state index contributed by atoms with van der Waals surface area (Å²) < 4.78 is 5.39. The highest BCUT2D eigenvalue weighted by Gasteiger charge is 2.15. The Hall–Kier alpha value is -2.24. The normalized spacial score (nSPS) is 15.4. The van der Waals surface area contributed by atoms with Crippen LogP contribution in [-0.2, 0) is 11.3 Å². The Labute approximate surface area is 142 Å². The van der Waals surface area contributed by atoms with Gasteiger partial charge in [-0.15, -0.1) is 0 Å². The monoisotopic (exact) mass is 325 g/mol. The molecular weight excluding hydrogens is 302 g/mol. The van der Waals surface area contributed by atoms with E-state index in [1.807, 2.05) is 32.0 Å². The van der Waals surface area contributed by atoms with Crippen LogP contribution in [0.25, 0.3) is 11.3 Å². The number of pyridine rings is 1. The Morgan fingerprint density at radius 3 is 2.71 bits per heavy atom. The number of hydrogen-bond acceptors (Lipinski definition) is 4. The number of amides is 1. The van der Waals surface area contributed by atoms with E-state index in [-0.39, 0.29) is 0 Å². The number of aryl methyl sites for hydroxylation is 2. The first-order valence-corrected chi connectivity index (χ1v) is 8.22. The number of primary amides is 1. The molecule has 1 amide bonds. The molecular formula is C19H23N3O2. The Balaban J connectivity index is 1.93. The molecule has 5 nitrogen and oxygen atoms in total. The van der Waals surface area contributed by atoms with Gasteiger partial charge in [-0.05, 0) is 37.1 Å². The van der Waals surface area contributed by atoms with E-state index in [9.17, 15) is 4.79 Å². The van der Waals surface area contributed by atoms with Gasteiger partial charge in [0.25, 0.3) is 5.91 Å². The van der Waals surface area contributed by atoms with Crippen LogP contribution < -0.4 is 5.73 Å². The minimum atomic E-state index is -0.445. The van der Waals surface area contributed by atoms with Crippen molar-refractivity contribution < 1.29 is 9.53 Å². The van der Waals surface area contributed by atoms with E-state index in [4.69, 9.17) is 10.5 Å². The van der Waals surface area contributed by atoms with Crippen molar-refractivity contribution in [3.63, 3.8) is 0 Å². The number of nitrogens with zero attached hydrogens (tertiary/aromatic N) is 2. The van der Waals surface area contributed by atoms with Gasteiger partial charge >= 0.3 is 0 Å². The van der Waals surface area contributed by atoms with Crippen LogP contribution >= 0.6 is 0 Å². The van der Waals surface area contributed by atoms with Crippen molar-refractivity contribution in [2.75, 3.05) is 26.3 Å². The summed E-state index contributed by atoms with van der Waals surface area (Å²) >= 11 is 0. The Bertz CT molecular complexity index is 752. The van der Waals surface area contributed by atoms with E-state index < -0.39 is 5.91 Å². The fourth-order valence-electron chi connectivity index (χ4n) is 2.95. The van der Waals surface area contributed by atoms with Crippen LogP contribution in [0.3, 0.4) is 0 Å². The summed E-state index contributed by atoms with van der Waals surface area (Å²) in [5.41, 5.74) is 10.7. The first-order valence-electron chi connectivity index (χ1n) is 8.22. The van der Waals surface area contributed by atoms with Gasteiger partial charge in [-0.3, -0.25) is 14.7 Å². The first-order chi connectivity index (χ1) is 11.5. The quantitative estimate of drug-likeness (QED) is 0.936. The van der Waals surface area contributed by atoms with Crippen molar-refractivity contribution in [1.82, 2.24) is 9.88 Å². The summed E-state index contributed by atoms with van der Waals surface area (Å²) in [5, 5.41) is 0. The highest BCUT2D eigenvalue weighted by Crippen LogP contribution is 2.25. The second-order valence-corrected chi connectivity index (χ2v) is 6.24. The molecule has 126 valence electrons. The molecule has 0 saturated carbocycles. The van der Waals surface area contributed by atoms with E-state index in [2.05, 4.69) is 22.0 Å². The van der Waals surface area contributed by atoms with Gasteiger partial charge in [0.15, 0.2) is 0 Å². The Morgan fingerprint density at radius 1 is 1.25 bits per heavy atom. The smallest absolute Gasteiger partial charge is 0.250 e. The van der Waals surface area contributed by atoms with Gasteiger partial charge in [-0.25, -0.2) is 0 Å². The average Bonchev–Trinajstić information content (AvgIpc) is 2.58. The average molecular weight is 325 g/mol. The summed E-state index contributed by atoms with van der Waals surface area (Å²) in [6, 6.07) is 10.0. The topological polar surface area (TPSA) is 68.5 Å². The van der Waals surface area contributed by atoms with E-state index in [1.54, 1.807) is 0 Å². The molecule has 2 N–H and O–H groups in total. The van der Waals surface area contributed by atoms with Crippen LogP contribution in [0.4, 0.5) is 0 Å². The fourth-order valence-corrected chi connectivity index (χ4v) is 2.95. The van der Waals surface area contributed by atoms with Crippen LogP contribution in [0, 0.1) is 13.8 Å². The van der Waals surface area contributed by atoms with Gasteiger partial charge in [0.2, 0.25) is 0 Å². The summed E-state index contributed by atoms with van der Waals surface area (Å²) in [4.78, 5) is 18.8. The number of carbonyl (C=O) groups is 1. The molecule has 0 spiro atoms. The number of aromatic nitrogens is 1. The van der Waals surface area contributed by atoms with Crippen molar-refractivity contribution in [1.29, 1.82) is 0 Å². The molecule has 0 aliphatic carbocycles. The van der Waals surface area contributed by atoms with Gasteiger partial charge in [-0.2, -0.15) is 0 Å². The maximum Gasteiger partial charge on any atom is 0.250 e. The number of ether oxygens (including phenoxy) is 1. The Kier molecular flexibility index (Phi) is 4.92. The minimum absolute atomic E-state index is 0.445. The highest BCUT2D eigenvalue weighted by atomic mass is 16.5. The predicted octanol–water partition coefficient (Wildman–Crippen LogP) is 2.30. The maximum absolute atomic E-state index is 11.8. The molecule has 0 radical (unpaired) electrons. The number of hydrogen-bond donors (Lipinski definition) is 1. The lowest BCUT2D eigenvalue weighted by Crippen LogP contribution is -2.35. The van der Waals surface area contributed by atoms with Crippen LogP contribution in [0.5, 0.6) is 0 Å². The molecule has 1 aliphatic rings. The second kappa shape index (κ2) is 7.11. The molecule has 2 aromatic rings. The number of nitrogens with two attached hydrogens (primary N) is 1. The van der Waals surface area contributed by atoms with Gasteiger partial charge in [0.05, 0.1) is 24.5 Å². The van der Waals surface area contributed by atoms with Gasteiger partial charge in [-0.1, -0.05) is 18.2 Å². The molecule has 1 aromatic heterocycles. The largest absolute Gasteiger partial charge is 0.379 e. The Morgan fingerprint density at radius 2 is 2.00 bits per heavy atom. The van der Waals surface area contributed by atoms with Gasteiger partial charge < -0.3 is 10.5 Å². The van der Waals surface area contributed by atoms with Gasteiger partial charge in [0.1, 0.15) is 0 Å². The van der Waals surface area contributed by atoms with Crippen LogP contribution in [0.15, 0.2) is 30.3 Å². The summed E-state index contributed by atoms with van der Waals surface area (Å²) in [6.45, 7) is 8.20. The lowest BCUT2D eigenvalue weighted by atomic mass is 10.0. The van der Waals surface area contributed by atoms with Crippen molar-refractivity contribution in [2.24, 2.45) is 5.73 Å². The van der Waals surface area contributed by atoms with E-state index >= 15 is 0 Å². The molecule has 1 fully saturated rings. The third-order valence-corrected chi connectivity index (χ3v) is 4.44. The zero-order valence-corrected chi connectivity index (χ0v) is 14.2. The molecule has 1 saturated heterocycles. The SMILES string of the molecule is Cc1cc(C(N)=O)c(-c2cccc(CN3CCOCC3)c2)nc1C. The molecule has 0 bridgehead atoms. The number of rotatable bonds is 4. The van der Waals surface area contributed by atoms with Crippen LogP contribution in [0.1, 0.15) is 27.2 Å². The number of carbonyl (C=O) groups excluding carboxylic acids is 1. The third kappa shape index (κ3) is 3.63. The predicted molar refractivity (Wildman–Crippen MR) is 93.8 cm³/mol. The van der Waals surface area contributed by atoms with Crippen molar-refractivity contribution in [2.45, 2.75) is 20.4 Å². The second-order valence-electron chi connectivity index (χ2n) is 6.24. The van der Waals surface area contributed by atoms with E-state index in [0.717, 1.165) is 49.7 Å². The molecule has 0 unspecified atom stereocenters. The zero-order chi connectivity index (χ0) is 17.1. The summed E-state index contributed by atoms with van der Waals surface area (Å²) in [5.74, 6) is -0.445. The molecule has 1 aliphatic heterocycles. The van der Waals surface area contributed by atoms with Crippen LogP contribution in [-0.4, -0.2) is 42.1 Å². The number of morpholine rings is 1. The highest BCUT2D eigenvalue weighted by molar-refractivity contribution is 5.99. The molecule has 24 heavy (non-hydrogen) atoms. The third-order valence-electron chi connectivity index (χ3n) is 4.44. The molecule has 1 aromatic carbocycles. The fraction of sp³-hybridized carbons (Fsp3) is 0.368. The summed E-state index contributed by atoms with van der Waals surface area (Å²) in [6.07, 6.45) is 0. The minimum Gasteiger partial charge on any atom is -0.379 e. The van der Waals surface area contributed by atoms with Gasteiger partial charge in [0, 0.05) is 30.9 Å². The maximum atomic E-state index is 11.8. The van der Waals surface area contributed by atoms with E-state index in [1.165, 1.54) is 5.56 Å². The van der Waals surface area contributed by atoms with Crippen LogP contribution in [0.2, 0.25) is 0 Å².